The average molecular weight is 256 g/mol. The van der Waals surface area contributed by atoms with E-state index in [0.717, 1.165) is 0 Å². The van der Waals surface area contributed by atoms with Crippen molar-refractivity contribution in [3.63, 3.8) is 0 Å². The molecule has 1 rings (SSSR count). The fourth-order valence-electron chi connectivity index (χ4n) is 0.962. The van der Waals surface area contributed by atoms with Crippen molar-refractivity contribution < 1.29 is 8.42 Å². The van der Waals surface area contributed by atoms with Crippen molar-refractivity contribution in [2.45, 2.75) is 0 Å². The summed E-state index contributed by atoms with van der Waals surface area (Å²) >= 11 is 5.74. The lowest BCUT2D eigenvalue weighted by atomic mass is 10.2. The van der Waals surface area contributed by atoms with Gasteiger partial charge in [0.25, 0.3) is 0 Å². The first-order chi connectivity index (χ1) is 7.48. The molecule has 0 aliphatic rings. The molecule has 0 fully saturated rings. The number of nitriles is 2. The summed E-state index contributed by atoms with van der Waals surface area (Å²) in [6.45, 7) is 0. The zero-order valence-corrected chi connectivity index (χ0v) is 9.51. The van der Waals surface area contributed by atoms with E-state index in [2.05, 4.69) is 4.72 Å². The van der Waals surface area contributed by atoms with Gasteiger partial charge in [0.1, 0.15) is 0 Å². The third-order valence-electron chi connectivity index (χ3n) is 1.62. The lowest BCUT2D eigenvalue weighted by Gasteiger charge is -2.06. The third kappa shape index (κ3) is 3.13. The average Bonchev–Trinajstić information content (AvgIpc) is 2.21. The van der Waals surface area contributed by atoms with Crippen LogP contribution in [0.1, 0.15) is 5.56 Å². The number of nitrogens with one attached hydrogen (secondary N) is 1. The first-order valence-corrected chi connectivity index (χ1v) is 6.08. The molecule has 16 heavy (non-hydrogen) atoms. The number of anilines is 1. The Bertz CT molecular complexity index is 584. The summed E-state index contributed by atoms with van der Waals surface area (Å²) in [5, 5.41) is 17.1. The van der Waals surface area contributed by atoms with Crippen LogP contribution in [0.4, 0.5) is 5.69 Å². The molecule has 5 nitrogen and oxygen atoms in total. The maximum atomic E-state index is 11.3. The van der Waals surface area contributed by atoms with E-state index in [-0.39, 0.29) is 16.3 Å². The summed E-state index contributed by atoms with van der Waals surface area (Å²) in [7, 11) is -3.74. The number of benzene rings is 1. The van der Waals surface area contributed by atoms with Crippen LogP contribution in [-0.2, 0) is 10.0 Å². The molecule has 0 aliphatic carbocycles. The number of sulfonamides is 1. The molecular weight excluding hydrogens is 250 g/mol. The summed E-state index contributed by atoms with van der Waals surface area (Å²) in [4.78, 5) is 0. The Morgan fingerprint density at radius 1 is 1.38 bits per heavy atom. The fourth-order valence-corrected chi connectivity index (χ4v) is 1.93. The van der Waals surface area contributed by atoms with Crippen LogP contribution in [0.5, 0.6) is 0 Å². The number of hydrogen-bond acceptors (Lipinski definition) is 4. The highest BCUT2D eigenvalue weighted by Gasteiger charge is 2.12. The van der Waals surface area contributed by atoms with E-state index in [4.69, 9.17) is 22.1 Å². The van der Waals surface area contributed by atoms with Gasteiger partial charge in [0.05, 0.1) is 28.4 Å². The number of rotatable bonds is 3. The summed E-state index contributed by atoms with van der Waals surface area (Å²) in [5.74, 6) is -0.667. The molecule has 0 aromatic heterocycles. The molecule has 0 saturated carbocycles. The monoisotopic (exact) mass is 255 g/mol. The van der Waals surface area contributed by atoms with Crippen LogP contribution in [0.2, 0.25) is 5.02 Å². The maximum absolute atomic E-state index is 11.3. The lowest BCUT2D eigenvalue weighted by molar-refractivity contribution is 0.604. The normalized spacial score (nSPS) is 10.2. The first-order valence-electron chi connectivity index (χ1n) is 4.05. The topological polar surface area (TPSA) is 93.8 Å². The molecule has 0 spiro atoms. The molecule has 1 aromatic rings. The van der Waals surface area contributed by atoms with Gasteiger partial charge in [0, 0.05) is 0 Å². The largest absolute Gasteiger partial charge is 0.281 e. The Balaban J connectivity index is 3.08. The van der Waals surface area contributed by atoms with Crippen LogP contribution in [-0.4, -0.2) is 14.2 Å². The molecule has 0 aliphatic heterocycles. The molecular formula is C9H6ClN3O2S. The van der Waals surface area contributed by atoms with Gasteiger partial charge >= 0.3 is 0 Å². The van der Waals surface area contributed by atoms with Gasteiger partial charge in [0.2, 0.25) is 10.0 Å². The van der Waals surface area contributed by atoms with E-state index in [1.165, 1.54) is 24.3 Å². The summed E-state index contributed by atoms with van der Waals surface area (Å²) in [6, 6.07) is 7.54. The molecule has 0 saturated heterocycles. The summed E-state index contributed by atoms with van der Waals surface area (Å²) in [5.41, 5.74) is 0.370. The SMILES string of the molecule is N#CCS(=O)(=O)Nc1cc(C#N)ccc1Cl. The van der Waals surface area contributed by atoms with Crippen molar-refractivity contribution in [2.75, 3.05) is 10.5 Å². The zero-order valence-electron chi connectivity index (χ0n) is 7.94. The number of halogens is 1. The molecule has 1 aromatic carbocycles. The minimum absolute atomic E-state index is 0.0935. The predicted octanol–water partition coefficient (Wildman–Crippen LogP) is 1.48. The van der Waals surface area contributed by atoms with E-state index >= 15 is 0 Å². The Hall–Kier alpha value is -1.76. The van der Waals surface area contributed by atoms with Gasteiger partial charge in [-0.25, -0.2) is 8.42 Å². The highest BCUT2D eigenvalue weighted by molar-refractivity contribution is 7.92. The molecule has 0 unspecified atom stereocenters. The molecule has 0 atom stereocenters. The molecule has 7 heteroatoms. The van der Waals surface area contributed by atoms with Gasteiger partial charge in [-0.3, -0.25) is 4.72 Å². The first kappa shape index (κ1) is 12.3. The van der Waals surface area contributed by atoms with Crippen LogP contribution in [0.25, 0.3) is 0 Å². The second-order valence-electron chi connectivity index (χ2n) is 2.83. The van der Waals surface area contributed by atoms with E-state index in [1.807, 2.05) is 6.07 Å². The predicted molar refractivity (Wildman–Crippen MR) is 59.2 cm³/mol. The van der Waals surface area contributed by atoms with Gasteiger partial charge in [-0.2, -0.15) is 10.5 Å². The van der Waals surface area contributed by atoms with Crippen molar-refractivity contribution in [2.24, 2.45) is 0 Å². The van der Waals surface area contributed by atoms with Crippen LogP contribution in [0.15, 0.2) is 18.2 Å². The van der Waals surface area contributed by atoms with E-state index < -0.39 is 15.8 Å². The highest BCUT2D eigenvalue weighted by Crippen LogP contribution is 2.23. The van der Waals surface area contributed by atoms with Crippen LogP contribution in [0, 0.1) is 22.7 Å². The number of hydrogen-bond donors (Lipinski definition) is 1. The van der Waals surface area contributed by atoms with Crippen molar-refractivity contribution in [3.8, 4) is 12.1 Å². The van der Waals surface area contributed by atoms with Crippen LogP contribution < -0.4 is 4.72 Å². The summed E-state index contributed by atoms with van der Waals surface area (Å²) < 4.78 is 24.7. The van der Waals surface area contributed by atoms with Crippen molar-refractivity contribution in [1.29, 1.82) is 10.5 Å². The maximum Gasteiger partial charge on any atom is 0.246 e. The molecule has 1 N–H and O–H groups in total. The zero-order chi connectivity index (χ0) is 12.2. The van der Waals surface area contributed by atoms with Crippen molar-refractivity contribution in [1.82, 2.24) is 0 Å². The molecule has 0 radical (unpaired) electrons. The van der Waals surface area contributed by atoms with Gasteiger partial charge in [-0.05, 0) is 18.2 Å². The Morgan fingerprint density at radius 2 is 2.06 bits per heavy atom. The van der Waals surface area contributed by atoms with Gasteiger partial charge in [-0.1, -0.05) is 11.6 Å². The lowest BCUT2D eigenvalue weighted by Crippen LogP contribution is -2.15. The summed E-state index contributed by atoms with van der Waals surface area (Å²) in [6.07, 6.45) is 0. The van der Waals surface area contributed by atoms with Crippen molar-refractivity contribution >= 4 is 27.3 Å². The van der Waals surface area contributed by atoms with Crippen molar-refractivity contribution in [3.05, 3.63) is 28.8 Å². The minimum Gasteiger partial charge on any atom is -0.281 e. The second kappa shape index (κ2) is 4.84. The Labute approximate surface area is 97.9 Å². The molecule has 0 bridgehead atoms. The smallest absolute Gasteiger partial charge is 0.246 e. The Morgan fingerprint density at radius 3 is 2.62 bits per heavy atom. The quantitative estimate of drug-likeness (QED) is 0.885. The van der Waals surface area contributed by atoms with E-state index in [1.54, 1.807) is 0 Å². The van der Waals surface area contributed by atoms with Gasteiger partial charge < -0.3 is 0 Å². The van der Waals surface area contributed by atoms with E-state index in [0.29, 0.717) is 0 Å². The van der Waals surface area contributed by atoms with Crippen LogP contribution >= 0.6 is 11.6 Å². The van der Waals surface area contributed by atoms with Crippen LogP contribution in [0.3, 0.4) is 0 Å². The third-order valence-corrected chi connectivity index (χ3v) is 2.99. The molecule has 0 heterocycles. The molecule has 82 valence electrons. The highest BCUT2D eigenvalue weighted by atomic mass is 35.5. The van der Waals surface area contributed by atoms with Gasteiger partial charge in [0.15, 0.2) is 5.75 Å². The minimum atomic E-state index is -3.74. The second-order valence-corrected chi connectivity index (χ2v) is 4.96. The molecule has 0 amide bonds. The van der Waals surface area contributed by atoms with Gasteiger partial charge in [-0.15, -0.1) is 0 Å². The Kier molecular flexibility index (Phi) is 3.73. The van der Waals surface area contributed by atoms with E-state index in [9.17, 15) is 8.42 Å². The number of nitrogens with zero attached hydrogens (tertiary/aromatic N) is 2. The standard InChI is InChI=1S/C9H6ClN3O2S/c10-8-2-1-7(6-12)5-9(8)13-16(14,15)4-3-11/h1-2,5,13H,4H2. The fraction of sp³-hybridized carbons (Fsp3) is 0.111.